The molecule has 5 heteroatoms. The minimum absolute atomic E-state index is 0.0857. The number of benzene rings is 1. The zero-order valence-electron chi connectivity index (χ0n) is 12.0. The van der Waals surface area contributed by atoms with Crippen molar-refractivity contribution in [3.05, 3.63) is 28.7 Å². The number of halogens is 1. The van der Waals surface area contributed by atoms with E-state index < -0.39 is 5.41 Å². The summed E-state index contributed by atoms with van der Waals surface area (Å²) < 4.78 is 0. The zero-order chi connectivity index (χ0) is 14.7. The minimum Gasteiger partial charge on any atom is -0.314 e. The molecule has 3 rings (SSSR count). The van der Waals surface area contributed by atoms with Crippen molar-refractivity contribution in [2.45, 2.75) is 32.6 Å². The van der Waals surface area contributed by atoms with E-state index in [-0.39, 0.29) is 5.91 Å². The largest absolute Gasteiger partial charge is 0.314 e. The van der Waals surface area contributed by atoms with Gasteiger partial charge >= 0.3 is 0 Å². The van der Waals surface area contributed by atoms with E-state index in [1.807, 2.05) is 32.9 Å². The summed E-state index contributed by atoms with van der Waals surface area (Å²) in [5, 5.41) is 1.26. The van der Waals surface area contributed by atoms with Gasteiger partial charge in [-0.3, -0.25) is 4.79 Å². The van der Waals surface area contributed by atoms with Gasteiger partial charge in [0.05, 0.1) is 10.9 Å². The van der Waals surface area contributed by atoms with Crippen molar-refractivity contribution in [2.24, 2.45) is 0 Å². The number of hydrogen-bond donors (Lipinski definition) is 0. The molecule has 0 radical (unpaired) electrons. The number of aromatic nitrogens is 2. The molecule has 0 saturated heterocycles. The Morgan fingerprint density at radius 1 is 1.30 bits per heavy atom. The molecule has 0 fully saturated rings. The van der Waals surface area contributed by atoms with Crippen LogP contribution < -0.4 is 4.90 Å². The standard InChI is InChI=1S/C15H16ClN3O/c1-5-12-17-10-7-11-9(6-8(10)13(16)18-12)15(2,3)14(20)19(11)4/h6-7H,5H2,1-4H3. The first-order chi connectivity index (χ1) is 9.36. The zero-order valence-corrected chi connectivity index (χ0v) is 12.7. The number of hydrogen-bond acceptors (Lipinski definition) is 3. The van der Waals surface area contributed by atoms with Crippen LogP contribution in [0.4, 0.5) is 5.69 Å². The SMILES string of the molecule is CCc1nc(Cl)c2cc3c(cc2n1)N(C)C(=O)C3(C)C. The van der Waals surface area contributed by atoms with Gasteiger partial charge in [-0.2, -0.15) is 0 Å². The molecule has 2 heterocycles. The lowest BCUT2D eigenvalue weighted by Gasteiger charge is -2.16. The second-order valence-electron chi connectivity index (χ2n) is 5.66. The van der Waals surface area contributed by atoms with Gasteiger partial charge in [-0.05, 0) is 31.5 Å². The van der Waals surface area contributed by atoms with Gasteiger partial charge in [-0.15, -0.1) is 0 Å². The normalized spacial score (nSPS) is 16.9. The number of amides is 1. The Morgan fingerprint density at radius 2 is 2.00 bits per heavy atom. The van der Waals surface area contributed by atoms with Gasteiger partial charge in [0.2, 0.25) is 5.91 Å². The highest BCUT2D eigenvalue weighted by Crippen LogP contribution is 2.43. The third kappa shape index (κ3) is 1.64. The van der Waals surface area contributed by atoms with E-state index in [1.54, 1.807) is 11.9 Å². The van der Waals surface area contributed by atoms with E-state index in [1.165, 1.54) is 0 Å². The van der Waals surface area contributed by atoms with Crippen LogP contribution >= 0.6 is 11.6 Å². The van der Waals surface area contributed by atoms with Gasteiger partial charge in [0.15, 0.2) is 0 Å². The third-order valence-corrected chi connectivity index (χ3v) is 4.29. The fourth-order valence-corrected chi connectivity index (χ4v) is 3.00. The molecule has 1 aromatic carbocycles. The van der Waals surface area contributed by atoms with Crippen LogP contribution in [0.25, 0.3) is 10.9 Å². The number of likely N-dealkylation sites (N-methyl/N-ethyl adjacent to an activating group) is 1. The Bertz CT molecular complexity index is 739. The Hall–Kier alpha value is -1.68. The van der Waals surface area contributed by atoms with Crippen LogP contribution in [-0.2, 0) is 16.6 Å². The topological polar surface area (TPSA) is 46.1 Å². The van der Waals surface area contributed by atoms with Crippen LogP contribution in [0.2, 0.25) is 5.15 Å². The maximum absolute atomic E-state index is 12.3. The molecule has 2 aromatic rings. The summed E-state index contributed by atoms with van der Waals surface area (Å²) in [6.07, 6.45) is 0.729. The molecule has 0 bridgehead atoms. The summed E-state index contributed by atoms with van der Waals surface area (Å²) in [6.45, 7) is 5.85. The maximum atomic E-state index is 12.3. The number of aryl methyl sites for hydroxylation is 1. The minimum atomic E-state index is -0.537. The summed E-state index contributed by atoms with van der Waals surface area (Å²) in [6, 6.07) is 3.89. The summed E-state index contributed by atoms with van der Waals surface area (Å²) in [5.41, 5.74) is 2.14. The van der Waals surface area contributed by atoms with Crippen molar-refractivity contribution >= 4 is 34.1 Å². The van der Waals surface area contributed by atoms with Crippen molar-refractivity contribution in [1.82, 2.24) is 9.97 Å². The second kappa shape index (κ2) is 4.16. The van der Waals surface area contributed by atoms with E-state index in [4.69, 9.17) is 11.6 Å². The molecular weight excluding hydrogens is 274 g/mol. The molecule has 20 heavy (non-hydrogen) atoms. The molecule has 0 N–H and O–H groups in total. The number of rotatable bonds is 1. The fourth-order valence-electron chi connectivity index (χ4n) is 2.75. The summed E-state index contributed by atoms with van der Waals surface area (Å²) in [7, 11) is 1.80. The Balaban J connectivity index is 2.36. The fraction of sp³-hybridized carbons (Fsp3) is 0.400. The highest BCUT2D eigenvalue weighted by atomic mass is 35.5. The van der Waals surface area contributed by atoms with Gasteiger partial charge in [-0.25, -0.2) is 9.97 Å². The lowest BCUT2D eigenvalue weighted by molar-refractivity contribution is -0.121. The van der Waals surface area contributed by atoms with Gasteiger partial charge in [0, 0.05) is 24.5 Å². The Kier molecular flexibility index (Phi) is 2.77. The van der Waals surface area contributed by atoms with E-state index in [9.17, 15) is 4.79 Å². The average Bonchev–Trinajstić information content (AvgIpc) is 2.58. The molecule has 0 atom stereocenters. The van der Waals surface area contributed by atoms with E-state index >= 15 is 0 Å². The molecule has 0 saturated carbocycles. The molecule has 1 amide bonds. The van der Waals surface area contributed by atoms with Crippen molar-refractivity contribution in [3.63, 3.8) is 0 Å². The van der Waals surface area contributed by atoms with Crippen molar-refractivity contribution in [2.75, 3.05) is 11.9 Å². The van der Waals surface area contributed by atoms with Crippen LogP contribution in [-0.4, -0.2) is 22.9 Å². The van der Waals surface area contributed by atoms with Crippen molar-refractivity contribution < 1.29 is 4.79 Å². The maximum Gasteiger partial charge on any atom is 0.236 e. The van der Waals surface area contributed by atoms with Crippen LogP contribution in [0.15, 0.2) is 12.1 Å². The second-order valence-corrected chi connectivity index (χ2v) is 6.02. The Labute approximate surface area is 122 Å². The molecule has 1 aliphatic rings. The van der Waals surface area contributed by atoms with Gasteiger partial charge in [0.1, 0.15) is 11.0 Å². The summed E-state index contributed by atoms with van der Waals surface area (Å²) >= 11 is 6.26. The number of fused-ring (bicyclic) bond motifs is 2. The highest BCUT2D eigenvalue weighted by molar-refractivity contribution is 6.34. The van der Waals surface area contributed by atoms with Crippen LogP contribution in [0, 0.1) is 0 Å². The first kappa shape index (κ1) is 13.3. The van der Waals surface area contributed by atoms with Crippen LogP contribution in [0.1, 0.15) is 32.2 Å². The monoisotopic (exact) mass is 289 g/mol. The Morgan fingerprint density at radius 3 is 2.65 bits per heavy atom. The molecule has 0 spiro atoms. The van der Waals surface area contributed by atoms with Gasteiger partial charge in [0.25, 0.3) is 0 Å². The molecule has 0 unspecified atom stereocenters. The summed E-state index contributed by atoms with van der Waals surface area (Å²) in [5.74, 6) is 0.802. The number of carbonyl (C=O) groups excluding carboxylic acids is 1. The molecule has 1 aromatic heterocycles. The molecule has 0 aliphatic carbocycles. The van der Waals surface area contributed by atoms with Gasteiger partial charge < -0.3 is 4.90 Å². The predicted molar refractivity (Wildman–Crippen MR) is 80.4 cm³/mol. The van der Waals surface area contributed by atoms with E-state index in [2.05, 4.69) is 9.97 Å². The quantitative estimate of drug-likeness (QED) is 0.758. The van der Waals surface area contributed by atoms with Crippen LogP contribution in [0.5, 0.6) is 0 Å². The lowest BCUT2D eigenvalue weighted by Crippen LogP contribution is -2.33. The summed E-state index contributed by atoms with van der Waals surface area (Å²) in [4.78, 5) is 22.8. The van der Waals surface area contributed by atoms with Crippen molar-refractivity contribution in [3.8, 4) is 0 Å². The first-order valence-electron chi connectivity index (χ1n) is 6.65. The van der Waals surface area contributed by atoms with E-state index in [0.29, 0.717) is 11.0 Å². The predicted octanol–water partition coefficient (Wildman–Crippen LogP) is 3.10. The first-order valence-corrected chi connectivity index (χ1v) is 7.03. The molecule has 4 nitrogen and oxygen atoms in total. The molecule has 1 aliphatic heterocycles. The van der Waals surface area contributed by atoms with Crippen LogP contribution in [0.3, 0.4) is 0 Å². The lowest BCUT2D eigenvalue weighted by atomic mass is 9.85. The molecular formula is C15H16ClN3O. The highest BCUT2D eigenvalue weighted by Gasteiger charge is 2.42. The smallest absolute Gasteiger partial charge is 0.236 e. The number of nitrogens with zero attached hydrogens (tertiary/aromatic N) is 3. The third-order valence-electron chi connectivity index (χ3n) is 4.00. The number of anilines is 1. The average molecular weight is 290 g/mol. The number of carbonyl (C=O) groups is 1. The van der Waals surface area contributed by atoms with E-state index in [0.717, 1.165) is 28.6 Å². The van der Waals surface area contributed by atoms with Gasteiger partial charge in [-0.1, -0.05) is 18.5 Å². The van der Waals surface area contributed by atoms with Crippen molar-refractivity contribution in [1.29, 1.82) is 0 Å². The molecule has 104 valence electrons.